The van der Waals surface area contributed by atoms with Crippen LogP contribution in [0.25, 0.3) is 0 Å². The van der Waals surface area contributed by atoms with Crippen LogP contribution < -0.4 is 10.1 Å². The monoisotopic (exact) mass is 313 g/mol. The van der Waals surface area contributed by atoms with Crippen molar-refractivity contribution in [3.63, 3.8) is 0 Å². The lowest BCUT2D eigenvalue weighted by atomic mass is 9.85. The van der Waals surface area contributed by atoms with Gasteiger partial charge in [-0.25, -0.2) is 4.98 Å². The highest BCUT2D eigenvalue weighted by atomic mass is 16.5. The third kappa shape index (κ3) is 5.06. The summed E-state index contributed by atoms with van der Waals surface area (Å²) in [5.74, 6) is 0.332. The Morgan fingerprint density at radius 1 is 1.26 bits per heavy atom. The zero-order valence-corrected chi connectivity index (χ0v) is 14.0. The fourth-order valence-corrected chi connectivity index (χ4v) is 2.32. The number of carbonyl (C=O) groups is 1. The van der Waals surface area contributed by atoms with Gasteiger partial charge in [-0.3, -0.25) is 9.78 Å². The molecule has 122 valence electrons. The molecule has 1 atom stereocenters. The van der Waals surface area contributed by atoms with Gasteiger partial charge in [0.25, 0.3) is 5.91 Å². The van der Waals surface area contributed by atoms with E-state index in [1.807, 2.05) is 12.1 Å². The second-order valence-corrected chi connectivity index (χ2v) is 6.67. The van der Waals surface area contributed by atoms with E-state index < -0.39 is 0 Å². The number of amides is 1. The van der Waals surface area contributed by atoms with Crippen LogP contribution in [0.4, 0.5) is 0 Å². The van der Waals surface area contributed by atoms with Gasteiger partial charge in [0.15, 0.2) is 0 Å². The van der Waals surface area contributed by atoms with Crippen LogP contribution in [0.3, 0.4) is 0 Å². The number of hydrogen-bond donors (Lipinski definition) is 1. The molecule has 0 saturated heterocycles. The average Bonchev–Trinajstić information content (AvgIpc) is 2.54. The first-order chi connectivity index (χ1) is 10.9. The maximum absolute atomic E-state index is 12.5. The Morgan fingerprint density at radius 2 is 2.04 bits per heavy atom. The molecule has 2 rings (SSSR count). The molecule has 2 heterocycles. The maximum Gasteiger partial charge on any atom is 0.253 e. The first kappa shape index (κ1) is 16.9. The van der Waals surface area contributed by atoms with Gasteiger partial charge in [0.2, 0.25) is 5.88 Å². The summed E-state index contributed by atoms with van der Waals surface area (Å²) < 4.78 is 5.01. The van der Waals surface area contributed by atoms with Gasteiger partial charge in [0.1, 0.15) is 0 Å². The van der Waals surface area contributed by atoms with E-state index in [1.54, 1.807) is 31.6 Å². The number of pyridine rings is 2. The van der Waals surface area contributed by atoms with E-state index in [2.05, 4.69) is 36.1 Å². The Hall–Kier alpha value is -2.43. The van der Waals surface area contributed by atoms with Crippen molar-refractivity contribution in [3.8, 4) is 5.88 Å². The first-order valence-corrected chi connectivity index (χ1v) is 7.60. The summed E-state index contributed by atoms with van der Waals surface area (Å²) in [6.07, 6.45) is 5.86. The second kappa shape index (κ2) is 7.22. The third-order valence-electron chi connectivity index (χ3n) is 3.42. The number of methoxy groups -OCH3 is 1. The fourth-order valence-electron chi connectivity index (χ4n) is 2.32. The van der Waals surface area contributed by atoms with Crippen LogP contribution in [0, 0.1) is 5.41 Å². The van der Waals surface area contributed by atoms with Crippen LogP contribution in [0.15, 0.2) is 42.9 Å². The quantitative estimate of drug-likeness (QED) is 0.919. The van der Waals surface area contributed by atoms with Crippen molar-refractivity contribution in [2.75, 3.05) is 7.11 Å². The van der Waals surface area contributed by atoms with Crippen molar-refractivity contribution < 1.29 is 9.53 Å². The van der Waals surface area contributed by atoms with Gasteiger partial charge in [0.05, 0.1) is 18.7 Å². The Bertz CT molecular complexity index is 634. The van der Waals surface area contributed by atoms with Crippen molar-refractivity contribution >= 4 is 5.91 Å². The van der Waals surface area contributed by atoms with Crippen molar-refractivity contribution in [2.45, 2.75) is 33.2 Å². The summed E-state index contributed by atoms with van der Waals surface area (Å²) in [6.45, 7) is 6.45. The van der Waals surface area contributed by atoms with Crippen LogP contribution in [0.2, 0.25) is 0 Å². The minimum absolute atomic E-state index is 0.0753. The highest BCUT2D eigenvalue weighted by Crippen LogP contribution is 2.29. The Labute approximate surface area is 137 Å². The number of hydrogen-bond acceptors (Lipinski definition) is 4. The summed E-state index contributed by atoms with van der Waals surface area (Å²) in [5.41, 5.74) is 1.58. The lowest BCUT2D eigenvalue weighted by molar-refractivity contribution is 0.0926. The SMILES string of the molecule is COc1ccc(C(=O)NC(CC(C)(C)C)c2cccnc2)cn1. The molecular formula is C18H23N3O2. The lowest BCUT2D eigenvalue weighted by Gasteiger charge is -2.27. The molecule has 0 spiro atoms. The van der Waals surface area contributed by atoms with Crippen molar-refractivity contribution in [3.05, 3.63) is 54.0 Å². The lowest BCUT2D eigenvalue weighted by Crippen LogP contribution is -2.31. The van der Waals surface area contributed by atoms with E-state index in [4.69, 9.17) is 4.74 Å². The topological polar surface area (TPSA) is 64.1 Å². The predicted octanol–water partition coefficient (Wildman–Crippen LogP) is 3.39. The summed E-state index contributed by atoms with van der Waals surface area (Å²) in [4.78, 5) is 20.7. The molecule has 23 heavy (non-hydrogen) atoms. The molecule has 1 unspecified atom stereocenters. The molecule has 5 nitrogen and oxygen atoms in total. The standard InChI is InChI=1S/C18H23N3O2/c1-18(2,3)10-15(13-6-5-9-19-11-13)21-17(22)14-7-8-16(23-4)20-12-14/h5-9,11-12,15H,10H2,1-4H3,(H,21,22). The molecule has 2 aromatic heterocycles. The molecule has 1 N–H and O–H groups in total. The van der Waals surface area contributed by atoms with Gasteiger partial charge in [0, 0.05) is 24.7 Å². The first-order valence-electron chi connectivity index (χ1n) is 7.60. The molecule has 0 saturated carbocycles. The van der Waals surface area contributed by atoms with Crippen LogP contribution in [0.5, 0.6) is 5.88 Å². The average molecular weight is 313 g/mol. The smallest absolute Gasteiger partial charge is 0.253 e. The number of nitrogens with zero attached hydrogens (tertiary/aromatic N) is 2. The Morgan fingerprint density at radius 3 is 2.57 bits per heavy atom. The molecule has 1 amide bonds. The number of ether oxygens (including phenoxy) is 1. The van der Waals surface area contributed by atoms with E-state index in [0.717, 1.165) is 12.0 Å². The second-order valence-electron chi connectivity index (χ2n) is 6.67. The molecule has 2 aromatic rings. The number of aromatic nitrogens is 2. The van der Waals surface area contributed by atoms with Crippen LogP contribution in [-0.4, -0.2) is 23.0 Å². The summed E-state index contributed by atoms with van der Waals surface area (Å²) in [6, 6.07) is 7.15. The zero-order chi connectivity index (χ0) is 16.9. The van der Waals surface area contributed by atoms with Crippen LogP contribution in [0.1, 0.15) is 49.2 Å². The van der Waals surface area contributed by atoms with E-state index in [-0.39, 0.29) is 17.4 Å². The van der Waals surface area contributed by atoms with Crippen molar-refractivity contribution in [2.24, 2.45) is 5.41 Å². The minimum Gasteiger partial charge on any atom is -0.481 e. The predicted molar refractivity (Wildman–Crippen MR) is 89.3 cm³/mol. The highest BCUT2D eigenvalue weighted by Gasteiger charge is 2.22. The molecule has 0 bridgehead atoms. The van der Waals surface area contributed by atoms with Gasteiger partial charge < -0.3 is 10.1 Å². The van der Waals surface area contributed by atoms with Crippen molar-refractivity contribution in [1.29, 1.82) is 0 Å². The van der Waals surface area contributed by atoms with Gasteiger partial charge in [-0.05, 0) is 29.5 Å². The van der Waals surface area contributed by atoms with Gasteiger partial charge in [-0.2, -0.15) is 0 Å². The normalized spacial score (nSPS) is 12.5. The Balaban J connectivity index is 2.17. The highest BCUT2D eigenvalue weighted by molar-refractivity contribution is 5.94. The molecule has 0 radical (unpaired) electrons. The van der Waals surface area contributed by atoms with Crippen LogP contribution >= 0.6 is 0 Å². The fraction of sp³-hybridized carbons (Fsp3) is 0.389. The number of carbonyl (C=O) groups excluding carboxylic acids is 1. The molecule has 5 heteroatoms. The van der Waals surface area contributed by atoms with E-state index in [9.17, 15) is 4.79 Å². The largest absolute Gasteiger partial charge is 0.481 e. The van der Waals surface area contributed by atoms with E-state index in [0.29, 0.717) is 11.4 Å². The molecule has 0 aliphatic heterocycles. The van der Waals surface area contributed by atoms with Gasteiger partial charge >= 0.3 is 0 Å². The molecule has 0 aliphatic carbocycles. The molecule has 0 aliphatic rings. The van der Waals surface area contributed by atoms with Crippen molar-refractivity contribution in [1.82, 2.24) is 15.3 Å². The number of rotatable bonds is 5. The summed E-state index contributed by atoms with van der Waals surface area (Å²) in [7, 11) is 1.55. The summed E-state index contributed by atoms with van der Waals surface area (Å²) >= 11 is 0. The van der Waals surface area contributed by atoms with E-state index >= 15 is 0 Å². The number of nitrogens with one attached hydrogen (secondary N) is 1. The molecule has 0 aromatic carbocycles. The molecular weight excluding hydrogens is 290 g/mol. The van der Waals surface area contributed by atoms with Gasteiger partial charge in [-0.15, -0.1) is 0 Å². The minimum atomic E-state index is -0.154. The van der Waals surface area contributed by atoms with Gasteiger partial charge in [-0.1, -0.05) is 26.8 Å². The van der Waals surface area contributed by atoms with Crippen LogP contribution in [-0.2, 0) is 0 Å². The Kier molecular flexibility index (Phi) is 5.32. The summed E-state index contributed by atoms with van der Waals surface area (Å²) in [5, 5.41) is 3.08. The third-order valence-corrected chi connectivity index (χ3v) is 3.42. The maximum atomic E-state index is 12.5. The zero-order valence-electron chi connectivity index (χ0n) is 14.0. The molecule has 0 fully saturated rings. The van der Waals surface area contributed by atoms with E-state index in [1.165, 1.54) is 6.20 Å².